The molecule has 0 spiro atoms. The molecule has 0 saturated heterocycles. The molecular formula is C10H15N3O. The fraction of sp³-hybridized carbons (Fsp3) is 0.400. The predicted octanol–water partition coefficient (Wildman–Crippen LogP) is 1.71. The van der Waals surface area contributed by atoms with Crippen LogP contribution < -0.4 is 0 Å². The van der Waals surface area contributed by atoms with Crippen molar-refractivity contribution in [3.8, 4) is 5.88 Å². The van der Waals surface area contributed by atoms with Crippen LogP contribution in [0.5, 0.6) is 5.88 Å². The van der Waals surface area contributed by atoms with Gasteiger partial charge >= 0.3 is 0 Å². The number of pyridine rings is 1. The molecule has 0 aromatic carbocycles. The van der Waals surface area contributed by atoms with E-state index in [0.29, 0.717) is 0 Å². The van der Waals surface area contributed by atoms with Gasteiger partial charge < -0.3 is 10.0 Å². The van der Waals surface area contributed by atoms with Gasteiger partial charge in [-0.25, -0.2) is 9.98 Å². The average Bonchev–Trinajstić information content (AvgIpc) is 2.16. The summed E-state index contributed by atoms with van der Waals surface area (Å²) in [6.45, 7) is 4.78. The smallest absolute Gasteiger partial charge is 0.211 e. The summed E-state index contributed by atoms with van der Waals surface area (Å²) in [6, 6.07) is 3.28. The Morgan fingerprint density at radius 2 is 2.29 bits per heavy atom. The highest BCUT2D eigenvalue weighted by molar-refractivity contribution is 5.62. The van der Waals surface area contributed by atoms with E-state index in [9.17, 15) is 0 Å². The van der Waals surface area contributed by atoms with Crippen molar-refractivity contribution in [1.29, 1.82) is 0 Å². The Hall–Kier alpha value is -1.58. The summed E-state index contributed by atoms with van der Waals surface area (Å²) in [7, 11) is 1.95. The number of hydrogen-bond acceptors (Lipinski definition) is 3. The van der Waals surface area contributed by atoms with Gasteiger partial charge in [-0.2, -0.15) is 0 Å². The van der Waals surface area contributed by atoms with E-state index in [2.05, 4.69) is 9.98 Å². The lowest BCUT2D eigenvalue weighted by atomic mass is 10.3. The molecular weight excluding hydrogens is 178 g/mol. The molecule has 76 valence electrons. The molecule has 1 heterocycles. The molecule has 0 bridgehead atoms. The third-order valence-electron chi connectivity index (χ3n) is 1.94. The first kappa shape index (κ1) is 10.5. The Bertz CT molecular complexity index is 336. The molecule has 0 aliphatic carbocycles. The minimum Gasteiger partial charge on any atom is -0.493 e. The Kier molecular flexibility index (Phi) is 3.45. The Labute approximate surface area is 83.9 Å². The number of hydrogen-bond donors (Lipinski definition) is 1. The standard InChI is InChI=1S/C10H15N3O/c1-4-13(3)7-11-9-5-6-10(14)12-8(9)2/h5-7H,4H2,1-3H3,(H,12,14)/b11-7+. The van der Waals surface area contributed by atoms with Crippen LogP contribution in [0.2, 0.25) is 0 Å². The molecule has 0 aliphatic rings. The van der Waals surface area contributed by atoms with E-state index in [-0.39, 0.29) is 5.88 Å². The largest absolute Gasteiger partial charge is 0.493 e. The van der Waals surface area contributed by atoms with Crippen LogP contribution in [-0.4, -0.2) is 34.9 Å². The van der Waals surface area contributed by atoms with E-state index >= 15 is 0 Å². The molecule has 0 atom stereocenters. The van der Waals surface area contributed by atoms with Crippen LogP contribution in [0.3, 0.4) is 0 Å². The highest BCUT2D eigenvalue weighted by atomic mass is 16.3. The first-order valence-corrected chi connectivity index (χ1v) is 4.54. The maximum Gasteiger partial charge on any atom is 0.211 e. The average molecular weight is 193 g/mol. The molecule has 0 radical (unpaired) electrons. The zero-order chi connectivity index (χ0) is 10.6. The van der Waals surface area contributed by atoms with Crippen LogP contribution >= 0.6 is 0 Å². The quantitative estimate of drug-likeness (QED) is 0.587. The topological polar surface area (TPSA) is 48.7 Å². The van der Waals surface area contributed by atoms with Gasteiger partial charge in [0, 0.05) is 19.7 Å². The molecule has 1 rings (SSSR count). The van der Waals surface area contributed by atoms with Gasteiger partial charge in [-0.3, -0.25) is 0 Å². The third-order valence-corrected chi connectivity index (χ3v) is 1.94. The molecule has 1 aromatic rings. The van der Waals surface area contributed by atoms with Crippen LogP contribution in [-0.2, 0) is 0 Å². The number of rotatable bonds is 3. The van der Waals surface area contributed by atoms with Gasteiger partial charge in [0.25, 0.3) is 0 Å². The summed E-state index contributed by atoms with van der Waals surface area (Å²) < 4.78 is 0. The van der Waals surface area contributed by atoms with Gasteiger partial charge in [0.15, 0.2) is 0 Å². The van der Waals surface area contributed by atoms with E-state index in [1.165, 1.54) is 6.07 Å². The summed E-state index contributed by atoms with van der Waals surface area (Å²) in [4.78, 5) is 10.1. The zero-order valence-electron chi connectivity index (χ0n) is 8.73. The second-order valence-corrected chi connectivity index (χ2v) is 3.09. The fourth-order valence-electron chi connectivity index (χ4n) is 0.919. The molecule has 0 fully saturated rings. The second kappa shape index (κ2) is 4.60. The maximum absolute atomic E-state index is 9.09. The molecule has 4 heteroatoms. The third kappa shape index (κ3) is 2.73. The van der Waals surface area contributed by atoms with Gasteiger partial charge in [-0.05, 0) is 19.9 Å². The van der Waals surface area contributed by atoms with E-state index < -0.39 is 0 Å². The highest BCUT2D eigenvalue weighted by Crippen LogP contribution is 2.18. The van der Waals surface area contributed by atoms with Crippen molar-refractivity contribution in [1.82, 2.24) is 9.88 Å². The summed E-state index contributed by atoms with van der Waals surface area (Å²) >= 11 is 0. The SMILES string of the molecule is CCN(C)/C=N/c1ccc(O)nc1C. The van der Waals surface area contributed by atoms with Crippen LogP contribution in [0.1, 0.15) is 12.6 Å². The van der Waals surface area contributed by atoms with Crippen molar-refractivity contribution in [2.75, 3.05) is 13.6 Å². The molecule has 1 aromatic heterocycles. The molecule has 0 amide bonds. The number of aromatic hydroxyl groups is 1. The van der Waals surface area contributed by atoms with Gasteiger partial charge in [-0.1, -0.05) is 0 Å². The summed E-state index contributed by atoms with van der Waals surface area (Å²) in [6.07, 6.45) is 1.75. The lowest BCUT2D eigenvalue weighted by molar-refractivity contribution is 0.452. The van der Waals surface area contributed by atoms with Gasteiger partial charge in [0.05, 0.1) is 17.7 Å². The lowest BCUT2D eigenvalue weighted by Crippen LogP contribution is -2.14. The van der Waals surface area contributed by atoms with E-state index in [0.717, 1.165) is 17.9 Å². The number of aliphatic imine (C=N–C) groups is 1. The maximum atomic E-state index is 9.09. The van der Waals surface area contributed by atoms with Crippen LogP contribution in [0.25, 0.3) is 0 Å². The van der Waals surface area contributed by atoms with Crippen LogP contribution in [0, 0.1) is 6.92 Å². The lowest BCUT2D eigenvalue weighted by Gasteiger charge is -2.08. The van der Waals surface area contributed by atoms with E-state index in [1.807, 2.05) is 25.8 Å². The monoisotopic (exact) mass is 193 g/mol. The number of nitrogens with zero attached hydrogens (tertiary/aromatic N) is 3. The van der Waals surface area contributed by atoms with Crippen molar-refractivity contribution < 1.29 is 5.11 Å². The molecule has 4 nitrogen and oxygen atoms in total. The van der Waals surface area contributed by atoms with Crippen molar-refractivity contribution in [3.63, 3.8) is 0 Å². The zero-order valence-corrected chi connectivity index (χ0v) is 8.73. The Balaban J connectivity index is 2.82. The van der Waals surface area contributed by atoms with Crippen LogP contribution in [0.15, 0.2) is 17.1 Å². The van der Waals surface area contributed by atoms with Crippen molar-refractivity contribution in [3.05, 3.63) is 17.8 Å². The van der Waals surface area contributed by atoms with Gasteiger partial charge in [-0.15, -0.1) is 0 Å². The summed E-state index contributed by atoms with van der Waals surface area (Å²) in [5.74, 6) is 0.0327. The second-order valence-electron chi connectivity index (χ2n) is 3.09. The molecule has 14 heavy (non-hydrogen) atoms. The van der Waals surface area contributed by atoms with E-state index in [4.69, 9.17) is 5.11 Å². The number of aryl methyl sites for hydroxylation is 1. The molecule has 1 N–H and O–H groups in total. The van der Waals surface area contributed by atoms with Crippen molar-refractivity contribution >= 4 is 12.0 Å². The van der Waals surface area contributed by atoms with Crippen LogP contribution in [0.4, 0.5) is 5.69 Å². The normalized spacial score (nSPS) is 10.8. The summed E-state index contributed by atoms with van der Waals surface area (Å²) in [5.41, 5.74) is 1.51. The first-order chi connectivity index (χ1) is 6.63. The fourth-order valence-corrected chi connectivity index (χ4v) is 0.919. The van der Waals surface area contributed by atoms with Gasteiger partial charge in [0.1, 0.15) is 0 Å². The Morgan fingerprint density at radius 1 is 1.57 bits per heavy atom. The predicted molar refractivity (Wildman–Crippen MR) is 57.1 cm³/mol. The van der Waals surface area contributed by atoms with E-state index in [1.54, 1.807) is 12.4 Å². The number of aromatic nitrogens is 1. The molecule has 0 saturated carbocycles. The van der Waals surface area contributed by atoms with Crippen molar-refractivity contribution in [2.45, 2.75) is 13.8 Å². The molecule has 0 unspecified atom stereocenters. The van der Waals surface area contributed by atoms with Crippen molar-refractivity contribution in [2.24, 2.45) is 4.99 Å². The van der Waals surface area contributed by atoms with Gasteiger partial charge in [0.2, 0.25) is 5.88 Å². The summed E-state index contributed by atoms with van der Waals surface area (Å²) in [5, 5.41) is 9.09. The minimum absolute atomic E-state index is 0.0327. The highest BCUT2D eigenvalue weighted by Gasteiger charge is 1.98. The Morgan fingerprint density at radius 3 is 2.86 bits per heavy atom. The molecule has 0 aliphatic heterocycles. The minimum atomic E-state index is 0.0327. The first-order valence-electron chi connectivity index (χ1n) is 4.54.